The van der Waals surface area contributed by atoms with Gasteiger partial charge in [-0.1, -0.05) is 0 Å². The number of carbonyl (C=O) groups is 1. The summed E-state index contributed by atoms with van der Waals surface area (Å²) in [5.74, 6) is -3.36. The van der Waals surface area contributed by atoms with Crippen molar-refractivity contribution in [3.8, 4) is 0 Å². The molecule has 128 valence electrons. The van der Waals surface area contributed by atoms with Gasteiger partial charge in [0.05, 0.1) is 17.5 Å². The maximum absolute atomic E-state index is 13.7. The number of aromatic nitrogens is 2. The molecule has 1 atom stereocenters. The quantitative estimate of drug-likeness (QED) is 0.746. The number of benzene rings is 1. The summed E-state index contributed by atoms with van der Waals surface area (Å²) >= 11 is 0. The number of halogens is 5. The lowest BCUT2D eigenvalue weighted by atomic mass is 10.1. The molecule has 0 saturated heterocycles. The summed E-state index contributed by atoms with van der Waals surface area (Å²) in [6.07, 6.45) is -3.52. The van der Waals surface area contributed by atoms with E-state index in [1.165, 1.54) is 6.20 Å². The minimum Gasteiger partial charge on any atom is -0.350 e. The van der Waals surface area contributed by atoms with Crippen molar-refractivity contribution in [3.63, 3.8) is 0 Å². The maximum atomic E-state index is 13.7. The Morgan fingerprint density at radius 3 is 2.75 bits per heavy atom. The molecule has 0 aliphatic carbocycles. The van der Waals surface area contributed by atoms with Crippen molar-refractivity contribution in [2.45, 2.75) is 25.3 Å². The molecule has 0 fully saturated rings. The predicted octanol–water partition coefficient (Wildman–Crippen LogP) is 2.17. The Morgan fingerprint density at radius 2 is 2.04 bits per heavy atom. The number of hydrogen-bond acceptors (Lipinski definition) is 3. The molecule has 24 heavy (non-hydrogen) atoms. The second-order valence-corrected chi connectivity index (χ2v) is 5.26. The molecular weight excluding hydrogens is 335 g/mol. The van der Waals surface area contributed by atoms with Crippen LogP contribution in [0.15, 0.2) is 18.3 Å². The van der Waals surface area contributed by atoms with E-state index in [4.69, 9.17) is 0 Å². The van der Waals surface area contributed by atoms with Crippen LogP contribution in [0.3, 0.4) is 0 Å². The smallest absolute Gasteiger partial charge is 0.350 e. The summed E-state index contributed by atoms with van der Waals surface area (Å²) in [4.78, 5) is 12.1. The number of aromatic amines is 1. The van der Waals surface area contributed by atoms with Crippen LogP contribution in [0.4, 0.5) is 22.0 Å². The molecule has 3 rings (SSSR count). The number of nitrogens with zero attached hydrogens (tertiary/aromatic N) is 1. The highest BCUT2D eigenvalue weighted by atomic mass is 19.4. The van der Waals surface area contributed by atoms with Gasteiger partial charge < -0.3 is 5.32 Å². The van der Waals surface area contributed by atoms with Crippen molar-refractivity contribution in [2.24, 2.45) is 0 Å². The SMILES string of the molecule is O=C(NCc1cc(F)c(C(F)(F)F)cc1F)C1NCc2[nH]ncc21. The summed E-state index contributed by atoms with van der Waals surface area (Å²) in [6.45, 7) is -0.0399. The molecule has 1 unspecified atom stereocenters. The highest BCUT2D eigenvalue weighted by Gasteiger charge is 2.35. The Morgan fingerprint density at radius 1 is 1.29 bits per heavy atom. The van der Waals surface area contributed by atoms with E-state index in [0.717, 1.165) is 5.69 Å². The highest BCUT2D eigenvalue weighted by Crippen LogP contribution is 2.32. The predicted molar refractivity (Wildman–Crippen MR) is 71.4 cm³/mol. The third kappa shape index (κ3) is 2.96. The zero-order chi connectivity index (χ0) is 17.5. The first-order valence-corrected chi connectivity index (χ1v) is 6.85. The van der Waals surface area contributed by atoms with Crippen molar-refractivity contribution >= 4 is 5.91 Å². The molecule has 1 aliphatic rings. The van der Waals surface area contributed by atoms with Gasteiger partial charge in [0.2, 0.25) is 5.91 Å². The first-order chi connectivity index (χ1) is 11.3. The van der Waals surface area contributed by atoms with Gasteiger partial charge in [-0.15, -0.1) is 0 Å². The molecule has 0 radical (unpaired) electrons. The molecule has 3 N–H and O–H groups in total. The van der Waals surface area contributed by atoms with Crippen LogP contribution in [-0.2, 0) is 24.1 Å². The Kier molecular flexibility index (Phi) is 3.99. The van der Waals surface area contributed by atoms with Crippen LogP contribution in [-0.4, -0.2) is 16.1 Å². The number of nitrogens with one attached hydrogen (secondary N) is 3. The average molecular weight is 346 g/mol. The summed E-state index contributed by atoms with van der Waals surface area (Å²) in [5.41, 5.74) is -0.691. The minimum atomic E-state index is -4.99. The first-order valence-electron chi connectivity index (χ1n) is 6.85. The van der Waals surface area contributed by atoms with Crippen molar-refractivity contribution < 1.29 is 26.7 Å². The molecular formula is C14H11F5N4O. The molecule has 0 bridgehead atoms. The van der Waals surface area contributed by atoms with Crippen LogP contribution in [0, 0.1) is 11.6 Å². The number of amides is 1. The van der Waals surface area contributed by atoms with Crippen LogP contribution in [0.1, 0.15) is 28.4 Å². The monoisotopic (exact) mass is 346 g/mol. The Hall–Kier alpha value is -2.49. The van der Waals surface area contributed by atoms with Gasteiger partial charge in [0.1, 0.15) is 17.7 Å². The van der Waals surface area contributed by atoms with Crippen LogP contribution in [0.25, 0.3) is 0 Å². The summed E-state index contributed by atoms with van der Waals surface area (Å²) in [7, 11) is 0. The van der Waals surface area contributed by atoms with Gasteiger partial charge in [-0.05, 0) is 12.1 Å². The third-order valence-electron chi connectivity index (χ3n) is 3.70. The van der Waals surface area contributed by atoms with E-state index in [1.54, 1.807) is 0 Å². The molecule has 2 aromatic rings. The minimum absolute atomic E-state index is 0.0822. The molecule has 0 saturated carbocycles. The molecule has 10 heteroatoms. The first kappa shape index (κ1) is 16.4. The molecule has 1 aromatic heterocycles. The molecule has 0 spiro atoms. The van der Waals surface area contributed by atoms with Crippen molar-refractivity contribution in [2.75, 3.05) is 0 Å². The van der Waals surface area contributed by atoms with Gasteiger partial charge >= 0.3 is 6.18 Å². The largest absolute Gasteiger partial charge is 0.419 e. The van der Waals surface area contributed by atoms with Gasteiger partial charge in [0.25, 0.3) is 0 Å². The molecule has 1 aliphatic heterocycles. The average Bonchev–Trinajstić information content (AvgIpc) is 3.09. The van der Waals surface area contributed by atoms with E-state index in [9.17, 15) is 26.7 Å². The number of rotatable bonds is 3. The van der Waals surface area contributed by atoms with Gasteiger partial charge in [-0.2, -0.15) is 18.3 Å². The fourth-order valence-corrected chi connectivity index (χ4v) is 2.49. The van der Waals surface area contributed by atoms with E-state index >= 15 is 0 Å². The van der Waals surface area contributed by atoms with Gasteiger partial charge in [-0.25, -0.2) is 8.78 Å². The highest BCUT2D eigenvalue weighted by molar-refractivity contribution is 5.84. The fraction of sp³-hybridized carbons (Fsp3) is 0.286. The Labute approximate surface area is 132 Å². The lowest BCUT2D eigenvalue weighted by Gasteiger charge is -2.14. The summed E-state index contributed by atoms with van der Waals surface area (Å²) < 4.78 is 64.7. The standard InChI is InChI=1S/C14H11F5N4O/c15-9-2-8(14(17,18)19)10(16)1-6(9)3-21-13(24)12-7-4-22-23-11(7)5-20-12/h1-2,4,12,20H,3,5H2,(H,21,24)(H,22,23). The van der Waals surface area contributed by atoms with Crippen LogP contribution < -0.4 is 10.6 Å². The second-order valence-electron chi connectivity index (χ2n) is 5.26. The normalized spacial score (nSPS) is 17.0. The fourth-order valence-electron chi connectivity index (χ4n) is 2.49. The zero-order valence-corrected chi connectivity index (χ0v) is 12.0. The topological polar surface area (TPSA) is 69.8 Å². The molecule has 5 nitrogen and oxygen atoms in total. The van der Waals surface area contributed by atoms with E-state index in [-0.39, 0.29) is 11.6 Å². The van der Waals surface area contributed by atoms with E-state index in [0.29, 0.717) is 18.2 Å². The van der Waals surface area contributed by atoms with E-state index in [1.807, 2.05) is 0 Å². The van der Waals surface area contributed by atoms with Gasteiger partial charge in [0, 0.05) is 24.2 Å². The molecule has 1 aromatic carbocycles. The Balaban J connectivity index is 1.71. The number of hydrogen-bond donors (Lipinski definition) is 3. The zero-order valence-electron chi connectivity index (χ0n) is 12.0. The molecule has 1 amide bonds. The number of fused-ring (bicyclic) bond motifs is 1. The van der Waals surface area contributed by atoms with Gasteiger partial charge in [-0.3, -0.25) is 15.2 Å². The van der Waals surface area contributed by atoms with Crippen molar-refractivity contribution in [1.29, 1.82) is 0 Å². The molecule has 2 heterocycles. The number of carbonyl (C=O) groups excluding carboxylic acids is 1. The van der Waals surface area contributed by atoms with Gasteiger partial charge in [0.15, 0.2) is 0 Å². The van der Waals surface area contributed by atoms with Crippen LogP contribution in [0.2, 0.25) is 0 Å². The lowest BCUT2D eigenvalue weighted by Crippen LogP contribution is -2.34. The summed E-state index contributed by atoms with van der Waals surface area (Å²) in [5, 5.41) is 11.8. The third-order valence-corrected chi connectivity index (χ3v) is 3.70. The number of H-pyrrole nitrogens is 1. The van der Waals surface area contributed by atoms with Crippen molar-refractivity contribution in [1.82, 2.24) is 20.8 Å². The van der Waals surface area contributed by atoms with E-state index < -0.39 is 41.9 Å². The second kappa shape index (κ2) is 5.86. The summed E-state index contributed by atoms with van der Waals surface area (Å²) in [6, 6.07) is -0.191. The Bertz CT molecular complexity index is 786. The maximum Gasteiger partial charge on any atom is 0.419 e. The number of alkyl halides is 3. The van der Waals surface area contributed by atoms with Crippen LogP contribution in [0.5, 0.6) is 0 Å². The van der Waals surface area contributed by atoms with Crippen LogP contribution >= 0.6 is 0 Å². The van der Waals surface area contributed by atoms with E-state index in [2.05, 4.69) is 20.8 Å². The lowest BCUT2D eigenvalue weighted by molar-refractivity contribution is -0.140. The van der Waals surface area contributed by atoms with Crippen molar-refractivity contribution in [3.05, 3.63) is 52.3 Å².